The van der Waals surface area contributed by atoms with E-state index in [1.807, 2.05) is 0 Å². The van der Waals surface area contributed by atoms with Gasteiger partial charge in [-0.1, -0.05) is 11.6 Å². The highest BCUT2D eigenvalue weighted by atomic mass is 79.9. The number of pyridine rings is 1. The standard InChI is InChI=1S/C11H13BrClN3OS/c12-9-4-7(13)5-14-10(9)16-11(18)15-6-8-2-1-3-17-8/h4-5,8H,1-3,6H2,(H2,14,15,16,18). The molecule has 1 unspecified atom stereocenters. The van der Waals surface area contributed by atoms with Gasteiger partial charge in [0.25, 0.3) is 0 Å². The minimum Gasteiger partial charge on any atom is -0.376 e. The molecule has 0 amide bonds. The number of aromatic nitrogens is 1. The van der Waals surface area contributed by atoms with Crippen LogP contribution in [0.1, 0.15) is 12.8 Å². The largest absolute Gasteiger partial charge is 0.376 e. The molecule has 2 heterocycles. The van der Waals surface area contributed by atoms with E-state index in [1.165, 1.54) is 0 Å². The normalized spacial score (nSPS) is 18.7. The van der Waals surface area contributed by atoms with Gasteiger partial charge in [-0.25, -0.2) is 4.98 Å². The van der Waals surface area contributed by atoms with Gasteiger partial charge < -0.3 is 15.4 Å². The zero-order valence-electron chi connectivity index (χ0n) is 9.58. The fourth-order valence-corrected chi connectivity index (χ4v) is 2.59. The highest BCUT2D eigenvalue weighted by molar-refractivity contribution is 9.10. The van der Waals surface area contributed by atoms with Gasteiger partial charge in [-0.15, -0.1) is 0 Å². The third-order valence-corrected chi connectivity index (χ3v) is 3.61. The molecule has 0 radical (unpaired) electrons. The molecular weight excluding hydrogens is 338 g/mol. The maximum absolute atomic E-state index is 5.82. The van der Waals surface area contributed by atoms with Gasteiger partial charge in [-0.05, 0) is 47.1 Å². The predicted molar refractivity (Wildman–Crippen MR) is 80.1 cm³/mol. The van der Waals surface area contributed by atoms with E-state index >= 15 is 0 Å². The van der Waals surface area contributed by atoms with Crippen molar-refractivity contribution in [2.75, 3.05) is 18.5 Å². The van der Waals surface area contributed by atoms with Crippen LogP contribution in [0.25, 0.3) is 0 Å². The molecule has 1 aromatic rings. The van der Waals surface area contributed by atoms with Gasteiger partial charge in [0.2, 0.25) is 0 Å². The third kappa shape index (κ3) is 4.05. The first-order valence-electron chi connectivity index (χ1n) is 5.62. The van der Waals surface area contributed by atoms with E-state index < -0.39 is 0 Å². The van der Waals surface area contributed by atoms with Crippen molar-refractivity contribution in [1.29, 1.82) is 0 Å². The Bertz CT molecular complexity index is 440. The van der Waals surface area contributed by atoms with Gasteiger partial charge in [0.15, 0.2) is 5.11 Å². The first-order chi connectivity index (χ1) is 8.65. The average Bonchev–Trinajstić information content (AvgIpc) is 2.83. The molecule has 98 valence electrons. The molecule has 1 atom stereocenters. The van der Waals surface area contributed by atoms with Crippen LogP contribution in [0.2, 0.25) is 5.02 Å². The van der Waals surface area contributed by atoms with Gasteiger partial charge in [-0.3, -0.25) is 0 Å². The number of hydrogen-bond donors (Lipinski definition) is 2. The molecule has 2 N–H and O–H groups in total. The molecule has 0 saturated carbocycles. The van der Waals surface area contributed by atoms with Gasteiger partial charge in [0.1, 0.15) is 5.82 Å². The summed E-state index contributed by atoms with van der Waals surface area (Å²) in [5.41, 5.74) is 0. The van der Waals surface area contributed by atoms with E-state index in [9.17, 15) is 0 Å². The van der Waals surface area contributed by atoms with Gasteiger partial charge in [0.05, 0.1) is 15.6 Å². The molecule has 1 aliphatic rings. The molecule has 18 heavy (non-hydrogen) atoms. The topological polar surface area (TPSA) is 46.2 Å². The average molecular weight is 351 g/mol. The number of hydrogen-bond acceptors (Lipinski definition) is 3. The van der Waals surface area contributed by atoms with Crippen LogP contribution in [0.5, 0.6) is 0 Å². The van der Waals surface area contributed by atoms with Crippen LogP contribution >= 0.6 is 39.7 Å². The van der Waals surface area contributed by atoms with E-state index in [1.54, 1.807) is 12.3 Å². The summed E-state index contributed by atoms with van der Waals surface area (Å²) in [7, 11) is 0. The van der Waals surface area contributed by atoms with Crippen LogP contribution in [0, 0.1) is 0 Å². The minimum absolute atomic E-state index is 0.256. The van der Waals surface area contributed by atoms with Crippen LogP contribution in [0.4, 0.5) is 5.82 Å². The molecule has 4 nitrogen and oxygen atoms in total. The van der Waals surface area contributed by atoms with E-state index in [-0.39, 0.29) is 6.10 Å². The molecule has 7 heteroatoms. The minimum atomic E-state index is 0.256. The number of rotatable bonds is 3. The van der Waals surface area contributed by atoms with Crippen molar-refractivity contribution in [2.24, 2.45) is 0 Å². The van der Waals surface area contributed by atoms with Crippen molar-refractivity contribution < 1.29 is 4.74 Å². The van der Waals surface area contributed by atoms with Crippen molar-refractivity contribution >= 4 is 50.7 Å². The van der Waals surface area contributed by atoms with E-state index in [2.05, 4.69) is 31.5 Å². The SMILES string of the molecule is S=C(NCC1CCCO1)Nc1ncc(Cl)cc1Br. The van der Waals surface area contributed by atoms with Crippen LogP contribution in [0.15, 0.2) is 16.7 Å². The molecule has 0 aromatic carbocycles. The van der Waals surface area contributed by atoms with Crippen LogP contribution in [-0.4, -0.2) is 29.4 Å². The van der Waals surface area contributed by atoms with Crippen molar-refractivity contribution in [3.63, 3.8) is 0 Å². The second-order valence-electron chi connectivity index (χ2n) is 3.95. The summed E-state index contributed by atoms with van der Waals surface area (Å²) in [6.07, 6.45) is 4.03. The second kappa shape index (κ2) is 6.65. The Kier molecular flexibility index (Phi) is 5.17. The first kappa shape index (κ1) is 14.0. The fourth-order valence-electron chi connectivity index (χ4n) is 1.67. The monoisotopic (exact) mass is 349 g/mol. The molecule has 0 spiro atoms. The number of ether oxygens (including phenoxy) is 1. The van der Waals surface area contributed by atoms with E-state index in [0.29, 0.717) is 16.0 Å². The quantitative estimate of drug-likeness (QED) is 0.821. The molecule has 1 fully saturated rings. The molecule has 0 bridgehead atoms. The maximum Gasteiger partial charge on any atom is 0.172 e. The summed E-state index contributed by atoms with van der Waals surface area (Å²) in [6, 6.07) is 1.76. The van der Waals surface area contributed by atoms with Crippen LogP contribution in [-0.2, 0) is 4.74 Å². The molecule has 2 rings (SSSR count). The molecule has 1 saturated heterocycles. The highest BCUT2D eigenvalue weighted by Gasteiger charge is 2.15. The van der Waals surface area contributed by atoms with Crippen LogP contribution in [0.3, 0.4) is 0 Å². The summed E-state index contributed by atoms with van der Waals surface area (Å²) in [4.78, 5) is 4.15. The van der Waals surface area contributed by atoms with E-state index in [4.69, 9.17) is 28.6 Å². The van der Waals surface area contributed by atoms with Gasteiger partial charge in [0, 0.05) is 19.3 Å². The summed E-state index contributed by atoms with van der Waals surface area (Å²) in [5, 5.41) is 7.23. The number of thiocarbonyl (C=S) groups is 1. The lowest BCUT2D eigenvalue weighted by molar-refractivity contribution is 0.114. The Labute approximate surface area is 125 Å². The number of nitrogens with zero attached hydrogens (tertiary/aromatic N) is 1. The van der Waals surface area contributed by atoms with Gasteiger partial charge >= 0.3 is 0 Å². The van der Waals surface area contributed by atoms with Crippen molar-refractivity contribution in [3.8, 4) is 0 Å². The van der Waals surface area contributed by atoms with Gasteiger partial charge in [-0.2, -0.15) is 0 Å². The first-order valence-corrected chi connectivity index (χ1v) is 7.20. The van der Waals surface area contributed by atoms with Crippen LogP contribution < -0.4 is 10.6 Å². The van der Waals surface area contributed by atoms with Crippen molar-refractivity contribution in [3.05, 3.63) is 21.8 Å². The van der Waals surface area contributed by atoms with Crippen molar-refractivity contribution in [2.45, 2.75) is 18.9 Å². The number of nitrogens with one attached hydrogen (secondary N) is 2. The highest BCUT2D eigenvalue weighted by Crippen LogP contribution is 2.22. The molecule has 1 aromatic heterocycles. The summed E-state index contributed by atoms with van der Waals surface area (Å²) in [5.74, 6) is 0.643. The Hall–Kier alpha value is -0.430. The summed E-state index contributed by atoms with van der Waals surface area (Å²) < 4.78 is 6.28. The fraction of sp³-hybridized carbons (Fsp3) is 0.455. The Morgan fingerprint density at radius 2 is 2.50 bits per heavy atom. The maximum atomic E-state index is 5.82. The Balaban J connectivity index is 1.82. The number of halogens is 2. The molecular formula is C11H13BrClN3OS. The summed E-state index contributed by atoms with van der Waals surface area (Å²) in [6.45, 7) is 1.56. The zero-order chi connectivity index (χ0) is 13.0. The lowest BCUT2D eigenvalue weighted by Crippen LogP contribution is -2.35. The molecule has 1 aliphatic heterocycles. The third-order valence-electron chi connectivity index (χ3n) is 2.55. The Morgan fingerprint density at radius 1 is 1.67 bits per heavy atom. The zero-order valence-corrected chi connectivity index (χ0v) is 12.7. The molecule has 0 aliphatic carbocycles. The second-order valence-corrected chi connectivity index (χ2v) is 5.65. The van der Waals surface area contributed by atoms with Crippen molar-refractivity contribution in [1.82, 2.24) is 10.3 Å². The Morgan fingerprint density at radius 3 is 3.17 bits per heavy atom. The predicted octanol–water partition coefficient (Wildman–Crippen LogP) is 2.96. The van der Waals surface area contributed by atoms with E-state index in [0.717, 1.165) is 30.5 Å². The smallest absolute Gasteiger partial charge is 0.172 e. The summed E-state index contributed by atoms with van der Waals surface area (Å²) >= 11 is 14.4. The number of anilines is 1. The lowest BCUT2D eigenvalue weighted by Gasteiger charge is -2.14. The lowest BCUT2D eigenvalue weighted by atomic mass is 10.2.